The molecule has 0 bridgehead atoms. The van der Waals surface area contributed by atoms with Crippen LogP contribution in [0.25, 0.3) is 38.7 Å². The van der Waals surface area contributed by atoms with E-state index in [2.05, 4.69) is 131 Å². The number of benzene rings is 5. The van der Waals surface area contributed by atoms with Crippen molar-refractivity contribution < 1.29 is 0 Å². The van der Waals surface area contributed by atoms with E-state index >= 15 is 0 Å². The van der Waals surface area contributed by atoms with Crippen LogP contribution in [-0.2, 0) is 0 Å². The highest BCUT2D eigenvalue weighted by molar-refractivity contribution is 6.14. The Hall–Kier alpha value is -4.08. The zero-order valence-electron chi connectivity index (χ0n) is 20.2. The second-order valence-corrected chi connectivity index (χ2v) is 9.27. The summed E-state index contributed by atoms with van der Waals surface area (Å²) in [4.78, 5) is 0. The fraction of sp³-hybridized carbons (Fsp3) is 0.118. The first-order valence-electron chi connectivity index (χ1n) is 11.8. The monoisotopic (exact) mass is 436 g/mol. The van der Waals surface area contributed by atoms with E-state index in [9.17, 15) is 0 Å². The Morgan fingerprint density at radius 1 is 0.559 bits per heavy atom. The third kappa shape index (κ3) is 4.39. The van der Waals surface area contributed by atoms with Gasteiger partial charge in [-0.3, -0.25) is 0 Å². The van der Waals surface area contributed by atoms with Crippen LogP contribution in [0.4, 0.5) is 0 Å². The molecule has 0 saturated carbocycles. The summed E-state index contributed by atoms with van der Waals surface area (Å²) in [5.74, 6) is 6.54. The highest BCUT2D eigenvalue weighted by Gasteiger charge is 2.10. The van der Waals surface area contributed by atoms with Gasteiger partial charge in [0.1, 0.15) is 0 Å². The van der Waals surface area contributed by atoms with Crippen LogP contribution in [0.15, 0.2) is 91.0 Å². The van der Waals surface area contributed by atoms with Crippen molar-refractivity contribution in [3.05, 3.63) is 124 Å². The minimum Gasteiger partial charge on any atom is -0.0696 e. The van der Waals surface area contributed by atoms with Gasteiger partial charge in [-0.05, 0) is 107 Å². The third-order valence-electron chi connectivity index (χ3n) is 6.25. The molecule has 0 amide bonds. The van der Waals surface area contributed by atoms with Crippen LogP contribution in [0.3, 0.4) is 0 Å². The molecule has 0 heterocycles. The van der Waals surface area contributed by atoms with Gasteiger partial charge < -0.3 is 0 Å². The zero-order chi connectivity index (χ0) is 23.7. The second-order valence-electron chi connectivity index (χ2n) is 9.27. The summed E-state index contributed by atoms with van der Waals surface area (Å²) in [6.45, 7) is 8.56. The molecule has 5 aromatic rings. The summed E-state index contributed by atoms with van der Waals surface area (Å²) >= 11 is 0. The molecule has 5 aromatic carbocycles. The predicted octanol–water partition coefficient (Wildman–Crippen LogP) is 8.96. The zero-order valence-corrected chi connectivity index (χ0v) is 20.2. The van der Waals surface area contributed by atoms with Crippen molar-refractivity contribution >= 4 is 27.6 Å². The van der Waals surface area contributed by atoms with Gasteiger partial charge in [-0.25, -0.2) is 0 Å². The van der Waals surface area contributed by atoms with Gasteiger partial charge in [-0.15, -0.1) is 0 Å². The minimum absolute atomic E-state index is 1.06. The highest BCUT2D eigenvalue weighted by Crippen LogP contribution is 2.36. The largest absolute Gasteiger partial charge is 0.0696 e. The first kappa shape index (κ1) is 21.7. The highest BCUT2D eigenvalue weighted by atomic mass is 14.1. The molecule has 0 aliphatic carbocycles. The molecular weight excluding hydrogens is 408 g/mol. The molecule has 0 aliphatic rings. The Morgan fingerprint density at radius 2 is 1.15 bits per heavy atom. The molecule has 164 valence electrons. The first-order valence-corrected chi connectivity index (χ1v) is 11.8. The Bertz CT molecular complexity index is 1590. The maximum absolute atomic E-state index is 3.29. The fourth-order valence-electron chi connectivity index (χ4n) is 4.98. The Kier molecular flexibility index (Phi) is 5.79. The van der Waals surface area contributed by atoms with Crippen LogP contribution >= 0.6 is 0 Å². The third-order valence-corrected chi connectivity index (χ3v) is 6.25. The predicted molar refractivity (Wildman–Crippen MR) is 148 cm³/mol. The maximum atomic E-state index is 3.29. The minimum atomic E-state index is 1.06. The van der Waals surface area contributed by atoms with E-state index in [0.29, 0.717) is 0 Å². The van der Waals surface area contributed by atoms with E-state index in [4.69, 9.17) is 0 Å². The lowest BCUT2D eigenvalue weighted by Gasteiger charge is -2.13. The van der Waals surface area contributed by atoms with Crippen LogP contribution < -0.4 is 0 Å². The van der Waals surface area contributed by atoms with Gasteiger partial charge in [0, 0.05) is 5.56 Å². The molecule has 0 spiro atoms. The molecule has 0 saturated heterocycles. The van der Waals surface area contributed by atoms with Crippen molar-refractivity contribution in [3.63, 3.8) is 0 Å². The lowest BCUT2D eigenvalue weighted by Crippen LogP contribution is -1.88. The Balaban J connectivity index is 1.66. The lowest BCUT2D eigenvalue weighted by molar-refractivity contribution is 1.37. The number of hydrogen-bond donors (Lipinski definition) is 0. The standard InChI is InChI=1S/C34H28/c1-23-16-24(2)19-27(18-23)10-5-6-11-28-22-34-31(29-20-25(3)17-26(4)21-29)14-9-15-33(34)32-13-8-7-12-30(28)32/h6-9,11-22H,1-4H3/b11-6-. The molecule has 5 rings (SSSR count). The summed E-state index contributed by atoms with van der Waals surface area (Å²) in [5, 5.41) is 5.07. The molecule has 0 atom stereocenters. The Labute approximate surface area is 202 Å². The van der Waals surface area contributed by atoms with Crippen LogP contribution in [0, 0.1) is 39.5 Å². The molecule has 0 aromatic heterocycles. The van der Waals surface area contributed by atoms with E-state index in [1.54, 1.807) is 0 Å². The Morgan fingerprint density at radius 3 is 1.85 bits per heavy atom. The van der Waals surface area contributed by atoms with Gasteiger partial charge in [0.25, 0.3) is 0 Å². The molecule has 34 heavy (non-hydrogen) atoms. The molecular formula is C34H28. The van der Waals surface area contributed by atoms with Gasteiger partial charge in [0.2, 0.25) is 0 Å². The van der Waals surface area contributed by atoms with Crippen molar-refractivity contribution in [3.8, 4) is 23.0 Å². The summed E-state index contributed by atoms with van der Waals surface area (Å²) in [6.07, 6.45) is 4.13. The molecule has 0 aliphatic heterocycles. The number of allylic oxidation sites excluding steroid dienone is 1. The van der Waals surface area contributed by atoms with Crippen LogP contribution in [0.5, 0.6) is 0 Å². The number of rotatable bonds is 2. The van der Waals surface area contributed by atoms with Gasteiger partial charge in [-0.1, -0.05) is 89.7 Å². The van der Waals surface area contributed by atoms with Crippen molar-refractivity contribution in [2.45, 2.75) is 27.7 Å². The lowest BCUT2D eigenvalue weighted by atomic mass is 9.91. The van der Waals surface area contributed by atoms with E-state index in [1.807, 2.05) is 6.08 Å². The normalized spacial score (nSPS) is 11.2. The molecule has 0 radical (unpaired) electrons. The fourth-order valence-corrected chi connectivity index (χ4v) is 4.98. The van der Waals surface area contributed by atoms with Gasteiger partial charge in [-0.2, -0.15) is 0 Å². The van der Waals surface area contributed by atoms with Gasteiger partial charge in [0.05, 0.1) is 0 Å². The maximum Gasteiger partial charge on any atom is 0.0254 e. The van der Waals surface area contributed by atoms with Gasteiger partial charge >= 0.3 is 0 Å². The summed E-state index contributed by atoms with van der Waals surface area (Å²) in [5.41, 5.74) is 9.84. The van der Waals surface area contributed by atoms with Crippen LogP contribution in [-0.4, -0.2) is 0 Å². The molecule has 0 unspecified atom stereocenters. The summed E-state index contributed by atoms with van der Waals surface area (Å²) in [6, 6.07) is 30.9. The topological polar surface area (TPSA) is 0 Å². The quantitative estimate of drug-likeness (QED) is 0.191. The SMILES string of the molecule is Cc1cc(C)cc(C#C/C=C\c2cc3c(-c4cc(C)cc(C)c4)cccc3c3ccccc23)c1. The molecule has 0 nitrogen and oxygen atoms in total. The van der Waals surface area contributed by atoms with Crippen molar-refractivity contribution in [1.29, 1.82) is 0 Å². The number of fused-ring (bicyclic) bond motifs is 3. The van der Waals surface area contributed by atoms with Crippen molar-refractivity contribution in [2.75, 3.05) is 0 Å². The smallest absolute Gasteiger partial charge is 0.0254 e. The molecule has 0 N–H and O–H groups in total. The van der Waals surface area contributed by atoms with E-state index in [0.717, 1.165) is 5.56 Å². The van der Waals surface area contributed by atoms with E-state index in [1.165, 1.54) is 60.5 Å². The molecule has 0 fully saturated rings. The average Bonchev–Trinajstić information content (AvgIpc) is 2.80. The molecule has 0 heteroatoms. The first-order chi connectivity index (χ1) is 16.5. The summed E-state index contributed by atoms with van der Waals surface area (Å²) < 4.78 is 0. The second kappa shape index (κ2) is 9.05. The van der Waals surface area contributed by atoms with Crippen molar-refractivity contribution in [2.24, 2.45) is 0 Å². The van der Waals surface area contributed by atoms with Crippen molar-refractivity contribution in [1.82, 2.24) is 0 Å². The van der Waals surface area contributed by atoms with E-state index in [-0.39, 0.29) is 0 Å². The summed E-state index contributed by atoms with van der Waals surface area (Å²) in [7, 11) is 0. The van der Waals surface area contributed by atoms with Gasteiger partial charge in [0.15, 0.2) is 0 Å². The van der Waals surface area contributed by atoms with Crippen LogP contribution in [0.1, 0.15) is 33.4 Å². The number of aryl methyl sites for hydroxylation is 4. The van der Waals surface area contributed by atoms with E-state index < -0.39 is 0 Å². The van der Waals surface area contributed by atoms with Crippen LogP contribution in [0.2, 0.25) is 0 Å². The number of hydrogen-bond acceptors (Lipinski definition) is 0. The average molecular weight is 437 g/mol.